The summed E-state index contributed by atoms with van der Waals surface area (Å²) in [7, 11) is 1.74. The van der Waals surface area contributed by atoms with Crippen molar-refractivity contribution in [1.82, 2.24) is 4.90 Å². The van der Waals surface area contributed by atoms with Crippen molar-refractivity contribution in [1.29, 1.82) is 0 Å². The molecule has 0 aliphatic heterocycles. The third-order valence-corrected chi connectivity index (χ3v) is 4.35. The van der Waals surface area contributed by atoms with Gasteiger partial charge in [-0.05, 0) is 53.7 Å². The summed E-state index contributed by atoms with van der Waals surface area (Å²) in [6, 6.07) is 4.57. The molecular formula is C14H23BrN2O2. The molecule has 2 unspecified atom stereocenters. The Hall–Kier alpha value is -0.360. The van der Waals surface area contributed by atoms with Crippen molar-refractivity contribution >= 4 is 15.9 Å². The lowest BCUT2D eigenvalue weighted by atomic mass is 10.1. The van der Waals surface area contributed by atoms with Crippen LogP contribution in [0.3, 0.4) is 0 Å². The Morgan fingerprint density at radius 3 is 2.74 bits per heavy atom. The summed E-state index contributed by atoms with van der Waals surface area (Å²) < 4.78 is 11.7. The molecule has 108 valence electrons. The van der Waals surface area contributed by atoms with Crippen molar-refractivity contribution in [2.75, 3.05) is 26.8 Å². The second-order valence-electron chi connectivity index (χ2n) is 5.20. The quantitative estimate of drug-likeness (QED) is 0.796. The number of methoxy groups -OCH3 is 1. The zero-order valence-corrected chi connectivity index (χ0v) is 13.2. The first-order valence-corrected chi connectivity index (χ1v) is 7.66. The molecule has 2 rings (SSSR count). The summed E-state index contributed by atoms with van der Waals surface area (Å²) in [5.74, 6) is 1.72. The molecule has 0 bridgehead atoms. The van der Waals surface area contributed by atoms with Crippen molar-refractivity contribution in [3.63, 3.8) is 0 Å². The maximum absolute atomic E-state index is 5.99. The van der Waals surface area contributed by atoms with Gasteiger partial charge in [0.25, 0.3) is 0 Å². The van der Waals surface area contributed by atoms with Crippen LogP contribution in [0.2, 0.25) is 0 Å². The van der Waals surface area contributed by atoms with E-state index < -0.39 is 0 Å². The zero-order valence-electron chi connectivity index (χ0n) is 11.6. The summed E-state index contributed by atoms with van der Waals surface area (Å²) in [4.78, 5) is 2.42. The van der Waals surface area contributed by atoms with Crippen molar-refractivity contribution in [2.24, 2.45) is 11.7 Å². The van der Waals surface area contributed by atoms with Gasteiger partial charge in [0.1, 0.15) is 5.76 Å². The topological polar surface area (TPSA) is 51.6 Å². The van der Waals surface area contributed by atoms with E-state index in [-0.39, 0.29) is 6.04 Å². The van der Waals surface area contributed by atoms with Gasteiger partial charge in [0.15, 0.2) is 4.67 Å². The maximum atomic E-state index is 5.99. The summed E-state index contributed by atoms with van der Waals surface area (Å²) in [6.07, 6.45) is 2.65. The van der Waals surface area contributed by atoms with Gasteiger partial charge in [-0.15, -0.1) is 0 Å². The van der Waals surface area contributed by atoms with E-state index in [0.717, 1.165) is 29.5 Å². The Balaban J connectivity index is 2.13. The standard InChI is InChI=1S/C14H23BrN2O2/c1-10(11-3-4-11)17(7-8-18-2)12(9-16)13-5-6-14(15)19-13/h5-6,10-12H,3-4,7-9,16H2,1-2H3. The van der Waals surface area contributed by atoms with Gasteiger partial charge in [0.05, 0.1) is 12.6 Å². The Kier molecular flexibility index (Phi) is 5.45. The smallest absolute Gasteiger partial charge is 0.169 e. The van der Waals surface area contributed by atoms with Gasteiger partial charge >= 0.3 is 0 Å². The van der Waals surface area contributed by atoms with Crippen molar-refractivity contribution < 1.29 is 9.15 Å². The third-order valence-electron chi connectivity index (χ3n) is 3.93. The average molecular weight is 331 g/mol. The SMILES string of the molecule is COCCN(C(CN)c1ccc(Br)o1)C(C)C1CC1. The highest BCUT2D eigenvalue weighted by Crippen LogP contribution is 2.38. The molecule has 1 saturated carbocycles. The Morgan fingerprint density at radius 2 is 2.26 bits per heavy atom. The molecule has 2 N–H and O–H groups in total. The molecule has 1 heterocycles. The summed E-state index contributed by atoms with van der Waals surface area (Å²) in [5, 5.41) is 0. The first-order valence-electron chi connectivity index (χ1n) is 6.87. The van der Waals surface area contributed by atoms with Gasteiger partial charge in [-0.25, -0.2) is 0 Å². The zero-order chi connectivity index (χ0) is 13.8. The summed E-state index contributed by atoms with van der Waals surface area (Å²) >= 11 is 3.36. The molecule has 0 radical (unpaired) electrons. The molecule has 0 spiro atoms. The van der Waals surface area contributed by atoms with Gasteiger partial charge in [-0.3, -0.25) is 4.90 Å². The number of rotatable bonds is 8. The molecule has 5 heteroatoms. The lowest BCUT2D eigenvalue weighted by Gasteiger charge is -2.35. The van der Waals surface area contributed by atoms with Crippen LogP contribution in [0.4, 0.5) is 0 Å². The monoisotopic (exact) mass is 330 g/mol. The normalized spacial score (nSPS) is 18.8. The highest BCUT2D eigenvalue weighted by molar-refractivity contribution is 9.10. The van der Waals surface area contributed by atoms with Gasteiger partial charge < -0.3 is 14.9 Å². The molecule has 4 nitrogen and oxygen atoms in total. The Labute approximate surface area is 123 Å². The predicted octanol–water partition coefficient (Wildman–Crippen LogP) is 2.79. The van der Waals surface area contributed by atoms with Crippen LogP contribution in [0, 0.1) is 5.92 Å². The number of halogens is 1. The Morgan fingerprint density at radius 1 is 1.53 bits per heavy atom. The Bertz CT molecular complexity index is 393. The molecule has 1 aliphatic rings. The van der Waals surface area contributed by atoms with E-state index in [1.807, 2.05) is 12.1 Å². The van der Waals surface area contributed by atoms with Crippen LogP contribution in [-0.4, -0.2) is 37.7 Å². The lowest BCUT2D eigenvalue weighted by molar-refractivity contribution is 0.0744. The van der Waals surface area contributed by atoms with Gasteiger partial charge in [0.2, 0.25) is 0 Å². The molecule has 0 amide bonds. The number of hydrogen-bond acceptors (Lipinski definition) is 4. The van der Waals surface area contributed by atoms with E-state index in [0.29, 0.717) is 12.6 Å². The molecule has 0 aromatic carbocycles. The first-order chi connectivity index (χ1) is 9.17. The van der Waals surface area contributed by atoms with E-state index in [1.165, 1.54) is 12.8 Å². The van der Waals surface area contributed by atoms with Crippen LogP contribution >= 0.6 is 15.9 Å². The van der Waals surface area contributed by atoms with Crippen LogP contribution in [0.25, 0.3) is 0 Å². The fourth-order valence-corrected chi connectivity index (χ4v) is 2.93. The second kappa shape index (κ2) is 6.88. The minimum atomic E-state index is 0.122. The molecule has 19 heavy (non-hydrogen) atoms. The summed E-state index contributed by atoms with van der Waals surface area (Å²) in [5.41, 5.74) is 5.99. The van der Waals surface area contributed by atoms with Gasteiger partial charge in [-0.1, -0.05) is 0 Å². The van der Waals surface area contributed by atoms with Crippen molar-refractivity contribution in [3.8, 4) is 0 Å². The third kappa shape index (κ3) is 3.81. The second-order valence-corrected chi connectivity index (χ2v) is 5.98. The van der Waals surface area contributed by atoms with E-state index >= 15 is 0 Å². The molecule has 1 aliphatic carbocycles. The fraction of sp³-hybridized carbons (Fsp3) is 0.714. The molecular weight excluding hydrogens is 308 g/mol. The minimum absolute atomic E-state index is 0.122. The average Bonchev–Trinajstić information content (AvgIpc) is 3.17. The van der Waals surface area contributed by atoms with E-state index in [9.17, 15) is 0 Å². The van der Waals surface area contributed by atoms with Crippen LogP contribution in [0.1, 0.15) is 31.6 Å². The number of hydrogen-bond donors (Lipinski definition) is 1. The minimum Gasteiger partial charge on any atom is -0.453 e. The molecule has 2 atom stereocenters. The predicted molar refractivity (Wildman–Crippen MR) is 79.0 cm³/mol. The van der Waals surface area contributed by atoms with Crippen molar-refractivity contribution in [3.05, 3.63) is 22.6 Å². The number of nitrogens with two attached hydrogens (primary N) is 1. The van der Waals surface area contributed by atoms with Crippen LogP contribution in [0.5, 0.6) is 0 Å². The van der Waals surface area contributed by atoms with Crippen LogP contribution in [0.15, 0.2) is 21.2 Å². The number of furan rings is 1. The molecule has 0 saturated heterocycles. The van der Waals surface area contributed by atoms with E-state index in [2.05, 4.69) is 27.8 Å². The van der Waals surface area contributed by atoms with Crippen molar-refractivity contribution in [2.45, 2.75) is 31.8 Å². The highest BCUT2D eigenvalue weighted by atomic mass is 79.9. The maximum Gasteiger partial charge on any atom is 0.169 e. The largest absolute Gasteiger partial charge is 0.453 e. The van der Waals surface area contributed by atoms with Gasteiger partial charge in [-0.2, -0.15) is 0 Å². The van der Waals surface area contributed by atoms with Crippen LogP contribution < -0.4 is 5.73 Å². The summed E-state index contributed by atoms with van der Waals surface area (Å²) in [6.45, 7) is 4.44. The lowest BCUT2D eigenvalue weighted by Crippen LogP contribution is -2.42. The fourth-order valence-electron chi connectivity index (χ4n) is 2.61. The van der Waals surface area contributed by atoms with Gasteiger partial charge in [0, 0.05) is 26.2 Å². The van der Waals surface area contributed by atoms with E-state index in [1.54, 1.807) is 7.11 Å². The highest BCUT2D eigenvalue weighted by Gasteiger charge is 2.35. The molecule has 1 aromatic rings. The molecule has 1 aromatic heterocycles. The first kappa shape index (κ1) is 15.0. The number of nitrogens with zero attached hydrogens (tertiary/aromatic N) is 1. The van der Waals surface area contributed by atoms with E-state index in [4.69, 9.17) is 14.9 Å². The van der Waals surface area contributed by atoms with Crippen LogP contribution in [-0.2, 0) is 4.74 Å². The molecule has 1 fully saturated rings. The number of ether oxygens (including phenoxy) is 1.